The molecule has 0 aromatic heterocycles. The molecule has 0 aromatic rings. The van der Waals surface area contributed by atoms with Crippen molar-refractivity contribution in [3.8, 4) is 0 Å². The van der Waals surface area contributed by atoms with Crippen molar-refractivity contribution in [2.24, 2.45) is 0 Å². The van der Waals surface area contributed by atoms with Crippen LogP contribution in [0.4, 0.5) is 0 Å². The molecule has 1 heterocycles. The Morgan fingerprint density at radius 2 is 2.05 bits per heavy atom. The maximum Gasteiger partial charge on any atom is 0.305 e. The molecule has 0 aromatic carbocycles. The number of nitrogens with zero attached hydrogens (tertiary/aromatic N) is 1. The van der Waals surface area contributed by atoms with Gasteiger partial charge < -0.3 is 15.3 Å². The third-order valence-corrected chi connectivity index (χ3v) is 3.63. The van der Waals surface area contributed by atoms with E-state index < -0.39 is 5.97 Å². The summed E-state index contributed by atoms with van der Waals surface area (Å²) in [5.41, 5.74) is 0. The largest absolute Gasteiger partial charge is 0.481 e. The molecule has 1 rings (SSSR count). The molecule has 1 fully saturated rings. The first kappa shape index (κ1) is 16.0. The molecule has 5 heteroatoms. The van der Waals surface area contributed by atoms with Gasteiger partial charge in [-0.1, -0.05) is 6.42 Å². The molecular weight excluding hydrogens is 244 g/mol. The van der Waals surface area contributed by atoms with E-state index in [0.717, 1.165) is 19.4 Å². The van der Waals surface area contributed by atoms with Crippen LogP contribution in [0.15, 0.2) is 0 Å². The molecule has 0 radical (unpaired) electrons. The Morgan fingerprint density at radius 1 is 1.32 bits per heavy atom. The lowest BCUT2D eigenvalue weighted by Gasteiger charge is -2.28. The molecule has 2 N–H and O–H groups in total. The zero-order valence-corrected chi connectivity index (χ0v) is 12.0. The molecule has 5 nitrogen and oxygen atoms in total. The van der Waals surface area contributed by atoms with Gasteiger partial charge in [-0.15, -0.1) is 0 Å². The molecule has 1 atom stereocenters. The average molecular weight is 270 g/mol. The number of nitrogens with one attached hydrogen (secondary N) is 1. The van der Waals surface area contributed by atoms with Crippen LogP contribution < -0.4 is 5.32 Å². The van der Waals surface area contributed by atoms with Gasteiger partial charge in [0.15, 0.2) is 0 Å². The number of aliphatic carboxylic acids is 1. The molecule has 1 aliphatic heterocycles. The number of carbonyl (C=O) groups is 2. The first-order valence-corrected chi connectivity index (χ1v) is 7.25. The monoisotopic (exact) mass is 270 g/mol. The van der Waals surface area contributed by atoms with Crippen LogP contribution in [0.3, 0.4) is 0 Å². The second-order valence-corrected chi connectivity index (χ2v) is 5.51. The molecule has 1 aliphatic rings. The van der Waals surface area contributed by atoms with Crippen LogP contribution in [0.5, 0.6) is 0 Å². The van der Waals surface area contributed by atoms with E-state index in [0.29, 0.717) is 19.0 Å². The fourth-order valence-electron chi connectivity index (χ4n) is 2.50. The van der Waals surface area contributed by atoms with Gasteiger partial charge >= 0.3 is 5.97 Å². The first-order valence-electron chi connectivity index (χ1n) is 7.25. The standard InChI is InChI=1S/C14H26N2O3/c1-11(2)16(10-8-14(18)19)13(17)7-6-12-5-3-4-9-15-12/h11-12,15H,3-10H2,1-2H3,(H,18,19). The smallest absolute Gasteiger partial charge is 0.305 e. The Hall–Kier alpha value is -1.10. The average Bonchev–Trinajstić information content (AvgIpc) is 2.37. The molecule has 0 spiro atoms. The Labute approximate surface area is 115 Å². The van der Waals surface area contributed by atoms with E-state index in [1.165, 1.54) is 12.8 Å². The van der Waals surface area contributed by atoms with Crippen molar-refractivity contribution in [2.45, 2.75) is 64.5 Å². The summed E-state index contributed by atoms with van der Waals surface area (Å²) in [7, 11) is 0. The number of carboxylic acid groups (broad SMARTS) is 1. The predicted octanol–water partition coefficient (Wildman–Crippen LogP) is 1.62. The minimum Gasteiger partial charge on any atom is -0.481 e. The molecular formula is C14H26N2O3. The van der Waals surface area contributed by atoms with Crippen molar-refractivity contribution in [1.82, 2.24) is 10.2 Å². The van der Waals surface area contributed by atoms with Crippen LogP contribution >= 0.6 is 0 Å². The summed E-state index contributed by atoms with van der Waals surface area (Å²) < 4.78 is 0. The Morgan fingerprint density at radius 3 is 2.58 bits per heavy atom. The molecule has 1 amide bonds. The van der Waals surface area contributed by atoms with Gasteiger partial charge in [-0.3, -0.25) is 9.59 Å². The topological polar surface area (TPSA) is 69.6 Å². The predicted molar refractivity (Wildman–Crippen MR) is 74.0 cm³/mol. The van der Waals surface area contributed by atoms with Gasteiger partial charge in [0.1, 0.15) is 0 Å². The number of hydrogen-bond acceptors (Lipinski definition) is 3. The highest BCUT2D eigenvalue weighted by Crippen LogP contribution is 2.13. The number of amides is 1. The van der Waals surface area contributed by atoms with E-state index >= 15 is 0 Å². The van der Waals surface area contributed by atoms with Gasteiger partial charge in [0, 0.05) is 25.0 Å². The Kier molecular flexibility index (Phi) is 6.84. The van der Waals surface area contributed by atoms with Crippen LogP contribution in [0.2, 0.25) is 0 Å². The quantitative estimate of drug-likeness (QED) is 0.737. The van der Waals surface area contributed by atoms with Gasteiger partial charge in [0.25, 0.3) is 0 Å². The molecule has 0 aliphatic carbocycles. The van der Waals surface area contributed by atoms with E-state index in [1.54, 1.807) is 4.90 Å². The highest BCUT2D eigenvalue weighted by Gasteiger charge is 2.20. The molecule has 1 unspecified atom stereocenters. The molecule has 0 bridgehead atoms. The summed E-state index contributed by atoms with van der Waals surface area (Å²) in [5.74, 6) is -0.781. The van der Waals surface area contributed by atoms with Crippen molar-refractivity contribution in [2.75, 3.05) is 13.1 Å². The maximum absolute atomic E-state index is 12.1. The fraction of sp³-hybridized carbons (Fsp3) is 0.857. The van der Waals surface area contributed by atoms with Crippen LogP contribution in [-0.2, 0) is 9.59 Å². The second-order valence-electron chi connectivity index (χ2n) is 5.51. The van der Waals surface area contributed by atoms with Gasteiger partial charge in [0.2, 0.25) is 5.91 Å². The van der Waals surface area contributed by atoms with Gasteiger partial charge in [-0.2, -0.15) is 0 Å². The van der Waals surface area contributed by atoms with Crippen LogP contribution in [0.1, 0.15) is 52.4 Å². The summed E-state index contributed by atoms with van der Waals surface area (Å²) in [6.07, 6.45) is 4.99. The van der Waals surface area contributed by atoms with Gasteiger partial charge in [-0.05, 0) is 39.7 Å². The number of rotatable bonds is 7. The number of carbonyl (C=O) groups excluding carboxylic acids is 1. The summed E-state index contributed by atoms with van der Waals surface area (Å²) in [6, 6.07) is 0.511. The number of piperidine rings is 1. The molecule has 0 saturated carbocycles. The van der Waals surface area contributed by atoms with Crippen molar-refractivity contribution < 1.29 is 14.7 Å². The van der Waals surface area contributed by atoms with Gasteiger partial charge in [-0.25, -0.2) is 0 Å². The van der Waals surface area contributed by atoms with E-state index in [9.17, 15) is 9.59 Å². The lowest BCUT2D eigenvalue weighted by atomic mass is 10.00. The fourth-order valence-corrected chi connectivity index (χ4v) is 2.50. The number of carboxylic acids is 1. The third-order valence-electron chi connectivity index (χ3n) is 3.63. The lowest BCUT2D eigenvalue weighted by Crippen LogP contribution is -2.40. The highest BCUT2D eigenvalue weighted by atomic mass is 16.4. The van der Waals surface area contributed by atoms with Crippen LogP contribution in [0.25, 0.3) is 0 Å². The third kappa shape index (κ3) is 6.05. The summed E-state index contributed by atoms with van der Waals surface area (Å²) in [5, 5.41) is 12.1. The highest BCUT2D eigenvalue weighted by molar-refractivity contribution is 5.77. The van der Waals surface area contributed by atoms with E-state index in [-0.39, 0.29) is 18.4 Å². The van der Waals surface area contributed by atoms with Gasteiger partial charge in [0.05, 0.1) is 6.42 Å². The molecule has 19 heavy (non-hydrogen) atoms. The van der Waals surface area contributed by atoms with Crippen molar-refractivity contribution >= 4 is 11.9 Å². The Balaban J connectivity index is 2.36. The minimum absolute atomic E-state index is 0.0194. The Bertz CT molecular complexity index is 299. The van der Waals surface area contributed by atoms with E-state index in [2.05, 4.69) is 5.32 Å². The lowest BCUT2D eigenvalue weighted by molar-refractivity contribution is -0.139. The van der Waals surface area contributed by atoms with E-state index in [1.807, 2.05) is 13.8 Å². The first-order chi connectivity index (χ1) is 9.00. The zero-order valence-electron chi connectivity index (χ0n) is 12.0. The molecule has 110 valence electrons. The van der Waals surface area contributed by atoms with E-state index in [4.69, 9.17) is 5.11 Å². The normalized spacial score (nSPS) is 19.4. The SMILES string of the molecule is CC(C)N(CCC(=O)O)C(=O)CCC1CCCCN1. The maximum atomic E-state index is 12.1. The van der Waals surface area contributed by atoms with Crippen molar-refractivity contribution in [3.63, 3.8) is 0 Å². The van der Waals surface area contributed by atoms with Crippen LogP contribution in [-0.4, -0.2) is 47.1 Å². The summed E-state index contributed by atoms with van der Waals surface area (Å²) in [6.45, 7) is 5.22. The van der Waals surface area contributed by atoms with Crippen molar-refractivity contribution in [1.29, 1.82) is 0 Å². The summed E-state index contributed by atoms with van der Waals surface area (Å²) >= 11 is 0. The van der Waals surface area contributed by atoms with Crippen molar-refractivity contribution in [3.05, 3.63) is 0 Å². The summed E-state index contributed by atoms with van der Waals surface area (Å²) in [4.78, 5) is 24.4. The number of hydrogen-bond donors (Lipinski definition) is 2. The minimum atomic E-state index is -0.854. The zero-order chi connectivity index (χ0) is 14.3. The second kappa shape index (κ2) is 8.15. The molecule has 1 saturated heterocycles. The van der Waals surface area contributed by atoms with Crippen LogP contribution in [0, 0.1) is 0 Å².